The largest absolute Gasteiger partial charge is 0.281 e. The van der Waals surface area contributed by atoms with E-state index in [1.54, 1.807) is 13.8 Å². The molecule has 0 unspecified atom stereocenters. The molecule has 86 valence electrons. The molecule has 0 aromatic carbocycles. The number of rotatable bonds is 3. The van der Waals surface area contributed by atoms with Crippen molar-refractivity contribution >= 4 is 26.5 Å². The van der Waals surface area contributed by atoms with Gasteiger partial charge in [0, 0.05) is 0 Å². The Balaban J connectivity index is 2.31. The minimum atomic E-state index is -3.62. The summed E-state index contributed by atoms with van der Waals surface area (Å²) in [5.41, 5.74) is 0.480. The smallest absolute Gasteiger partial charge is 0.267 e. The molecular formula is C7H9N5O2S2. The molecule has 9 heteroatoms. The molecule has 2 rings (SSSR count). The highest BCUT2D eigenvalue weighted by Crippen LogP contribution is 2.19. The lowest BCUT2D eigenvalue weighted by atomic mass is 10.5. The molecule has 0 saturated heterocycles. The number of aromatic nitrogens is 4. The fourth-order valence-corrected chi connectivity index (χ4v) is 3.08. The van der Waals surface area contributed by atoms with Crippen LogP contribution in [0.5, 0.6) is 0 Å². The van der Waals surface area contributed by atoms with Crippen LogP contribution in [0.25, 0.3) is 0 Å². The number of nitrogens with zero attached hydrogens (tertiary/aromatic N) is 3. The van der Waals surface area contributed by atoms with Crippen LogP contribution in [0.2, 0.25) is 0 Å². The second-order valence-electron chi connectivity index (χ2n) is 3.09. The number of anilines is 1. The lowest BCUT2D eigenvalue weighted by molar-refractivity contribution is 0.600. The Kier molecular flexibility index (Phi) is 2.64. The highest BCUT2D eigenvalue weighted by molar-refractivity contribution is 7.93. The van der Waals surface area contributed by atoms with Crippen LogP contribution in [0, 0.1) is 13.8 Å². The number of aromatic amines is 1. The number of nitrogens with one attached hydrogen (secondary N) is 2. The number of sulfonamides is 1. The van der Waals surface area contributed by atoms with Crippen molar-refractivity contribution < 1.29 is 8.42 Å². The fraction of sp³-hybridized carbons (Fsp3) is 0.286. The highest BCUT2D eigenvalue weighted by Gasteiger charge is 2.20. The molecule has 2 aromatic heterocycles. The molecule has 0 aliphatic rings. The summed E-state index contributed by atoms with van der Waals surface area (Å²) < 4.78 is 26.1. The Hall–Kier alpha value is -1.48. The first kappa shape index (κ1) is 11.0. The van der Waals surface area contributed by atoms with Gasteiger partial charge >= 0.3 is 0 Å². The summed E-state index contributed by atoms with van der Waals surface area (Å²) in [6, 6.07) is 0. The molecule has 0 fully saturated rings. The maximum absolute atomic E-state index is 11.9. The average molecular weight is 259 g/mol. The van der Waals surface area contributed by atoms with E-state index in [0.29, 0.717) is 10.7 Å². The third-order valence-corrected chi connectivity index (χ3v) is 4.16. The average Bonchev–Trinajstić information content (AvgIpc) is 2.74. The topological polar surface area (TPSA) is 101 Å². The van der Waals surface area contributed by atoms with E-state index in [9.17, 15) is 8.42 Å². The van der Waals surface area contributed by atoms with Crippen molar-refractivity contribution in [2.24, 2.45) is 0 Å². The number of aryl methyl sites for hydroxylation is 2. The van der Waals surface area contributed by atoms with Gasteiger partial charge in [0.05, 0.1) is 11.9 Å². The molecule has 0 saturated carbocycles. The van der Waals surface area contributed by atoms with Gasteiger partial charge in [0.2, 0.25) is 5.13 Å². The summed E-state index contributed by atoms with van der Waals surface area (Å²) in [7, 11) is -3.62. The van der Waals surface area contributed by atoms with E-state index in [4.69, 9.17) is 0 Å². The van der Waals surface area contributed by atoms with Crippen LogP contribution in [0.1, 0.15) is 10.7 Å². The molecule has 0 aliphatic carbocycles. The predicted octanol–water partition coefficient (Wildman–Crippen LogP) is 0.679. The Bertz CT molecular complexity index is 600. The Labute approximate surface area is 96.0 Å². The minimum Gasteiger partial charge on any atom is -0.281 e. The first-order valence-electron chi connectivity index (χ1n) is 4.32. The van der Waals surface area contributed by atoms with E-state index in [0.717, 1.165) is 0 Å². The van der Waals surface area contributed by atoms with Gasteiger partial charge in [-0.2, -0.15) is 5.10 Å². The van der Waals surface area contributed by atoms with Crippen LogP contribution < -0.4 is 4.72 Å². The van der Waals surface area contributed by atoms with Crippen LogP contribution in [0.4, 0.5) is 5.13 Å². The molecule has 2 aromatic rings. The standard InChI is InChI=1S/C7H9N5O2S2/c1-4-6(3-8-9-4)16(13,14)12-7-11-10-5(2)15-7/h3H,1-2H3,(H,8,9)(H,11,12). The van der Waals surface area contributed by atoms with Crippen molar-refractivity contribution in [3.63, 3.8) is 0 Å². The lowest BCUT2D eigenvalue weighted by Crippen LogP contribution is -2.13. The maximum Gasteiger partial charge on any atom is 0.267 e. The molecule has 0 amide bonds. The van der Waals surface area contributed by atoms with Crippen molar-refractivity contribution in [1.29, 1.82) is 0 Å². The summed E-state index contributed by atoms with van der Waals surface area (Å²) in [6.07, 6.45) is 1.26. The van der Waals surface area contributed by atoms with E-state index in [2.05, 4.69) is 25.1 Å². The molecule has 16 heavy (non-hydrogen) atoms. The first-order valence-corrected chi connectivity index (χ1v) is 6.62. The Morgan fingerprint density at radius 3 is 2.62 bits per heavy atom. The van der Waals surface area contributed by atoms with E-state index in [1.807, 2.05) is 0 Å². The quantitative estimate of drug-likeness (QED) is 0.844. The minimum absolute atomic E-state index is 0.111. The predicted molar refractivity (Wildman–Crippen MR) is 58.8 cm³/mol. The summed E-state index contributed by atoms with van der Waals surface area (Å²) in [4.78, 5) is 0.111. The second-order valence-corrected chi connectivity index (χ2v) is 5.92. The van der Waals surface area contributed by atoms with Gasteiger partial charge in [0.25, 0.3) is 10.0 Å². The molecule has 0 aliphatic heterocycles. The fourth-order valence-electron chi connectivity index (χ4n) is 1.12. The van der Waals surface area contributed by atoms with Crippen LogP contribution in [-0.2, 0) is 10.0 Å². The van der Waals surface area contributed by atoms with Crippen LogP contribution >= 0.6 is 11.3 Å². The van der Waals surface area contributed by atoms with Gasteiger partial charge in [-0.1, -0.05) is 11.3 Å². The lowest BCUT2D eigenvalue weighted by Gasteiger charge is -2.02. The molecule has 0 atom stereocenters. The van der Waals surface area contributed by atoms with E-state index >= 15 is 0 Å². The van der Waals surface area contributed by atoms with Gasteiger partial charge in [-0.05, 0) is 13.8 Å². The monoisotopic (exact) mass is 259 g/mol. The van der Waals surface area contributed by atoms with Gasteiger partial charge in [-0.25, -0.2) is 8.42 Å². The van der Waals surface area contributed by atoms with Crippen LogP contribution in [0.15, 0.2) is 11.1 Å². The SMILES string of the molecule is Cc1nnc(NS(=O)(=O)c2cn[nH]c2C)s1. The van der Waals surface area contributed by atoms with Gasteiger partial charge in [-0.3, -0.25) is 9.82 Å². The number of H-pyrrole nitrogens is 1. The van der Waals surface area contributed by atoms with E-state index < -0.39 is 10.0 Å². The molecule has 2 N–H and O–H groups in total. The molecule has 0 spiro atoms. The van der Waals surface area contributed by atoms with Crippen molar-refractivity contribution in [1.82, 2.24) is 20.4 Å². The first-order chi connectivity index (χ1) is 7.49. The summed E-state index contributed by atoms with van der Waals surface area (Å²) in [5, 5.41) is 14.6. The number of hydrogen-bond donors (Lipinski definition) is 2. The van der Waals surface area contributed by atoms with Gasteiger partial charge in [-0.15, -0.1) is 10.2 Å². The van der Waals surface area contributed by atoms with Gasteiger partial charge in [0.15, 0.2) is 0 Å². The zero-order valence-electron chi connectivity index (χ0n) is 8.55. The van der Waals surface area contributed by atoms with Crippen molar-refractivity contribution in [3.05, 3.63) is 16.9 Å². The van der Waals surface area contributed by atoms with E-state index in [-0.39, 0.29) is 10.0 Å². The van der Waals surface area contributed by atoms with Gasteiger partial charge < -0.3 is 0 Å². The molecule has 2 heterocycles. The van der Waals surface area contributed by atoms with Crippen molar-refractivity contribution in [2.75, 3.05) is 4.72 Å². The second kappa shape index (κ2) is 3.83. The summed E-state index contributed by atoms with van der Waals surface area (Å²) >= 11 is 1.17. The molecule has 0 bridgehead atoms. The van der Waals surface area contributed by atoms with Crippen LogP contribution in [-0.4, -0.2) is 28.8 Å². The summed E-state index contributed by atoms with van der Waals surface area (Å²) in [5.74, 6) is 0. The third kappa shape index (κ3) is 2.04. The van der Waals surface area contributed by atoms with Crippen LogP contribution in [0.3, 0.4) is 0 Å². The number of hydrogen-bond acceptors (Lipinski definition) is 6. The molecule has 7 nitrogen and oxygen atoms in total. The van der Waals surface area contributed by atoms with Gasteiger partial charge in [0.1, 0.15) is 9.90 Å². The Morgan fingerprint density at radius 2 is 2.12 bits per heavy atom. The summed E-state index contributed by atoms with van der Waals surface area (Å²) in [6.45, 7) is 3.38. The van der Waals surface area contributed by atoms with Crippen molar-refractivity contribution in [2.45, 2.75) is 18.7 Å². The molecule has 0 radical (unpaired) electrons. The normalized spacial score (nSPS) is 11.6. The Morgan fingerprint density at radius 1 is 1.38 bits per heavy atom. The third-order valence-electron chi connectivity index (χ3n) is 1.82. The molecular weight excluding hydrogens is 250 g/mol. The van der Waals surface area contributed by atoms with E-state index in [1.165, 1.54) is 17.5 Å². The maximum atomic E-state index is 11.9. The zero-order valence-corrected chi connectivity index (χ0v) is 10.2. The highest BCUT2D eigenvalue weighted by atomic mass is 32.2. The zero-order chi connectivity index (χ0) is 11.8. The van der Waals surface area contributed by atoms with Crippen molar-refractivity contribution in [3.8, 4) is 0 Å².